The van der Waals surface area contributed by atoms with Crippen LogP contribution in [-0.4, -0.2) is 28.7 Å². The van der Waals surface area contributed by atoms with E-state index in [4.69, 9.17) is 11.5 Å². The lowest BCUT2D eigenvalue weighted by Gasteiger charge is -2.17. The van der Waals surface area contributed by atoms with E-state index in [1.54, 1.807) is 18.0 Å². The van der Waals surface area contributed by atoms with Gasteiger partial charge in [-0.3, -0.25) is 0 Å². The van der Waals surface area contributed by atoms with Crippen LogP contribution in [0.3, 0.4) is 0 Å². The van der Waals surface area contributed by atoms with Gasteiger partial charge in [0.1, 0.15) is 11.6 Å². The monoisotopic (exact) mass is 191 g/mol. The van der Waals surface area contributed by atoms with E-state index in [0.717, 1.165) is 0 Å². The van der Waals surface area contributed by atoms with Gasteiger partial charge >= 0.3 is 0 Å². The van der Waals surface area contributed by atoms with Crippen molar-refractivity contribution in [3.63, 3.8) is 0 Å². The van der Waals surface area contributed by atoms with Gasteiger partial charge in [0.25, 0.3) is 0 Å². The molecule has 0 spiro atoms. The molecule has 0 bridgehead atoms. The molecule has 1 heterocycles. The molecule has 4 nitrogen and oxygen atoms in total. The summed E-state index contributed by atoms with van der Waals surface area (Å²) in [5, 5.41) is 9.07. The third-order valence-electron chi connectivity index (χ3n) is 1.82. The number of hydrogen-bond donors (Lipinski definition) is 1. The lowest BCUT2D eigenvalue weighted by molar-refractivity contribution is 0.281. The van der Waals surface area contributed by atoms with E-state index in [-0.39, 0.29) is 6.61 Å². The number of rotatable bonds is 3. The minimum absolute atomic E-state index is 0.0788. The smallest absolute Gasteiger partial charge is 0.138 e. The van der Waals surface area contributed by atoms with Crippen LogP contribution in [0.15, 0.2) is 6.20 Å². The number of nitrogens with zero attached hydrogens (tertiary/aromatic N) is 3. The van der Waals surface area contributed by atoms with Crippen molar-refractivity contribution in [3.05, 3.63) is 17.6 Å². The Morgan fingerprint density at radius 3 is 2.93 bits per heavy atom. The molecule has 0 aromatic carbocycles. The number of terminal acetylenes is 1. The second-order valence-corrected chi connectivity index (χ2v) is 2.98. The molecule has 74 valence electrons. The van der Waals surface area contributed by atoms with Gasteiger partial charge in [0, 0.05) is 18.8 Å². The molecule has 0 unspecified atom stereocenters. The topological polar surface area (TPSA) is 49.2 Å². The summed E-state index contributed by atoms with van der Waals surface area (Å²) in [6.45, 7) is 2.18. The van der Waals surface area contributed by atoms with E-state index in [0.29, 0.717) is 23.8 Å². The van der Waals surface area contributed by atoms with Crippen molar-refractivity contribution in [3.8, 4) is 12.3 Å². The van der Waals surface area contributed by atoms with Crippen LogP contribution in [0, 0.1) is 19.3 Å². The minimum atomic E-state index is -0.0788. The molecule has 0 saturated carbocycles. The van der Waals surface area contributed by atoms with Crippen molar-refractivity contribution < 1.29 is 5.11 Å². The van der Waals surface area contributed by atoms with Crippen molar-refractivity contribution >= 4 is 5.82 Å². The molecule has 0 aliphatic heterocycles. The van der Waals surface area contributed by atoms with Gasteiger partial charge in [-0.25, -0.2) is 9.97 Å². The zero-order valence-corrected chi connectivity index (χ0v) is 8.36. The van der Waals surface area contributed by atoms with Gasteiger partial charge in [0.05, 0.1) is 13.2 Å². The van der Waals surface area contributed by atoms with E-state index in [9.17, 15) is 0 Å². The van der Waals surface area contributed by atoms with Crippen molar-refractivity contribution in [2.24, 2.45) is 0 Å². The van der Waals surface area contributed by atoms with Gasteiger partial charge in [-0.2, -0.15) is 0 Å². The highest BCUT2D eigenvalue weighted by molar-refractivity contribution is 5.45. The van der Waals surface area contributed by atoms with Crippen LogP contribution >= 0.6 is 0 Å². The van der Waals surface area contributed by atoms with E-state index < -0.39 is 0 Å². The van der Waals surface area contributed by atoms with Crippen LogP contribution in [-0.2, 0) is 6.61 Å². The number of aryl methyl sites for hydroxylation is 1. The summed E-state index contributed by atoms with van der Waals surface area (Å²) < 4.78 is 0. The minimum Gasteiger partial charge on any atom is -0.391 e. The molecule has 0 atom stereocenters. The fourth-order valence-electron chi connectivity index (χ4n) is 1.14. The predicted octanol–water partition coefficient (Wildman–Crippen LogP) is 0.347. The summed E-state index contributed by atoms with van der Waals surface area (Å²) in [6.07, 6.45) is 6.81. The summed E-state index contributed by atoms with van der Waals surface area (Å²) in [7, 11) is 1.83. The van der Waals surface area contributed by atoms with E-state index >= 15 is 0 Å². The predicted molar refractivity (Wildman–Crippen MR) is 54.8 cm³/mol. The Hall–Kier alpha value is -1.60. The van der Waals surface area contributed by atoms with Crippen LogP contribution in [0.4, 0.5) is 5.82 Å². The van der Waals surface area contributed by atoms with E-state index in [1.807, 2.05) is 7.05 Å². The number of aromatic nitrogens is 2. The third-order valence-corrected chi connectivity index (χ3v) is 1.82. The molecule has 0 fully saturated rings. The average molecular weight is 191 g/mol. The number of aliphatic hydroxyl groups is 1. The molecule has 0 saturated heterocycles. The average Bonchev–Trinajstić information content (AvgIpc) is 2.18. The van der Waals surface area contributed by atoms with Gasteiger partial charge in [0.2, 0.25) is 0 Å². The zero-order chi connectivity index (χ0) is 10.6. The first-order chi connectivity index (χ1) is 6.69. The summed E-state index contributed by atoms with van der Waals surface area (Å²) in [6, 6.07) is 0. The number of hydrogen-bond acceptors (Lipinski definition) is 4. The molecule has 1 aromatic heterocycles. The maximum atomic E-state index is 9.07. The maximum absolute atomic E-state index is 9.07. The van der Waals surface area contributed by atoms with Crippen LogP contribution < -0.4 is 4.90 Å². The normalized spacial score (nSPS) is 9.57. The fraction of sp³-hybridized carbons (Fsp3) is 0.400. The molecule has 0 radical (unpaired) electrons. The van der Waals surface area contributed by atoms with Gasteiger partial charge in [-0.1, -0.05) is 5.92 Å². The molecular formula is C10H13N3O. The first kappa shape index (κ1) is 10.5. The van der Waals surface area contributed by atoms with Crippen LogP contribution in [0.25, 0.3) is 0 Å². The summed E-state index contributed by atoms with van der Waals surface area (Å²) in [5.74, 6) is 3.88. The fourth-order valence-corrected chi connectivity index (χ4v) is 1.14. The van der Waals surface area contributed by atoms with Crippen molar-refractivity contribution in [1.82, 2.24) is 9.97 Å². The maximum Gasteiger partial charge on any atom is 0.138 e. The molecule has 0 amide bonds. The lowest BCUT2D eigenvalue weighted by Crippen LogP contribution is -2.20. The Kier molecular flexibility index (Phi) is 3.43. The summed E-state index contributed by atoms with van der Waals surface area (Å²) in [5.41, 5.74) is 0.688. The van der Waals surface area contributed by atoms with Crippen LogP contribution in [0.2, 0.25) is 0 Å². The molecule has 1 aromatic rings. The second kappa shape index (κ2) is 4.58. The Morgan fingerprint density at radius 2 is 2.36 bits per heavy atom. The van der Waals surface area contributed by atoms with Gasteiger partial charge in [-0.15, -0.1) is 6.42 Å². The van der Waals surface area contributed by atoms with E-state index in [1.165, 1.54) is 0 Å². The van der Waals surface area contributed by atoms with Gasteiger partial charge < -0.3 is 10.0 Å². The second-order valence-electron chi connectivity index (χ2n) is 2.98. The number of anilines is 1. The van der Waals surface area contributed by atoms with Crippen molar-refractivity contribution in [1.29, 1.82) is 0 Å². The Labute approximate surface area is 83.6 Å². The third kappa shape index (κ3) is 2.21. The van der Waals surface area contributed by atoms with Crippen molar-refractivity contribution in [2.75, 3.05) is 18.5 Å². The van der Waals surface area contributed by atoms with Crippen molar-refractivity contribution in [2.45, 2.75) is 13.5 Å². The highest BCUT2D eigenvalue weighted by atomic mass is 16.3. The first-order valence-corrected chi connectivity index (χ1v) is 4.27. The Bertz CT molecular complexity index is 357. The molecular weight excluding hydrogens is 178 g/mol. The largest absolute Gasteiger partial charge is 0.391 e. The quantitative estimate of drug-likeness (QED) is 0.700. The van der Waals surface area contributed by atoms with Gasteiger partial charge in [0.15, 0.2) is 0 Å². The van der Waals surface area contributed by atoms with Crippen LogP contribution in [0.1, 0.15) is 11.4 Å². The SMILES string of the molecule is C#CCN(C)c1nc(C)ncc1CO. The highest BCUT2D eigenvalue weighted by Gasteiger charge is 2.08. The summed E-state index contributed by atoms with van der Waals surface area (Å²) >= 11 is 0. The molecule has 0 aliphatic rings. The Morgan fingerprint density at radius 1 is 1.64 bits per heavy atom. The van der Waals surface area contributed by atoms with Gasteiger partial charge in [-0.05, 0) is 6.92 Å². The first-order valence-electron chi connectivity index (χ1n) is 4.27. The number of aliphatic hydroxyl groups excluding tert-OH is 1. The molecule has 1 rings (SSSR count). The van der Waals surface area contributed by atoms with Crippen LogP contribution in [0.5, 0.6) is 0 Å². The molecule has 1 N–H and O–H groups in total. The highest BCUT2D eigenvalue weighted by Crippen LogP contribution is 2.15. The lowest BCUT2D eigenvalue weighted by atomic mass is 10.3. The molecule has 14 heavy (non-hydrogen) atoms. The molecule has 4 heteroatoms. The summed E-state index contributed by atoms with van der Waals surface area (Å²) in [4.78, 5) is 10.0. The zero-order valence-electron chi connectivity index (χ0n) is 8.36. The standard InChI is InChI=1S/C10H13N3O/c1-4-5-13(3)10-9(7-14)6-11-8(2)12-10/h1,6,14H,5,7H2,2-3H3. The van der Waals surface area contributed by atoms with E-state index in [2.05, 4.69) is 15.9 Å². The molecule has 0 aliphatic carbocycles. The Balaban J connectivity index is 3.04.